The lowest BCUT2D eigenvalue weighted by atomic mass is 10.2. The third-order valence-electron chi connectivity index (χ3n) is 3.45. The topological polar surface area (TPSA) is 57.1 Å². The van der Waals surface area contributed by atoms with Crippen molar-refractivity contribution < 1.29 is 27.8 Å². The van der Waals surface area contributed by atoms with E-state index in [0.29, 0.717) is 12.4 Å². The maximum atomic E-state index is 12.5. The van der Waals surface area contributed by atoms with Crippen LogP contribution in [0.15, 0.2) is 59.2 Å². The highest BCUT2D eigenvalue weighted by molar-refractivity contribution is 6.13. The number of carbonyl (C=O) groups is 1. The van der Waals surface area contributed by atoms with E-state index in [-0.39, 0.29) is 22.9 Å². The van der Waals surface area contributed by atoms with Gasteiger partial charge in [-0.2, -0.15) is 8.78 Å². The maximum Gasteiger partial charge on any atom is 0.387 e. The lowest BCUT2D eigenvalue weighted by molar-refractivity contribution is -0.129. The molecule has 0 fully saturated rings. The van der Waals surface area contributed by atoms with Gasteiger partial charge in [-0.15, -0.1) is 0 Å². The first-order chi connectivity index (χ1) is 12.6. The van der Waals surface area contributed by atoms with Crippen LogP contribution >= 0.6 is 0 Å². The molecular formula is C19H15F2NO4. The van der Waals surface area contributed by atoms with E-state index in [9.17, 15) is 13.6 Å². The number of hydrogen-bond donors (Lipinski definition) is 0. The molecule has 0 radical (unpaired) electrons. The third kappa shape index (κ3) is 4.05. The summed E-state index contributed by atoms with van der Waals surface area (Å²) in [6, 6.07) is 13.1. The highest BCUT2D eigenvalue weighted by Crippen LogP contribution is 2.26. The van der Waals surface area contributed by atoms with Crippen molar-refractivity contribution in [3.8, 4) is 11.5 Å². The Bertz CT molecular complexity index is 860. The van der Waals surface area contributed by atoms with Crippen LogP contribution in [0.3, 0.4) is 0 Å². The van der Waals surface area contributed by atoms with Crippen molar-refractivity contribution in [2.24, 2.45) is 4.99 Å². The second-order valence-electron chi connectivity index (χ2n) is 5.21. The number of carbonyl (C=O) groups excluding carboxylic acids is 1. The Balaban J connectivity index is 1.87. The smallest absolute Gasteiger partial charge is 0.387 e. The Morgan fingerprint density at radius 1 is 1.15 bits per heavy atom. The van der Waals surface area contributed by atoms with Crippen LogP contribution in [0.4, 0.5) is 8.78 Å². The Kier molecular flexibility index (Phi) is 5.26. The molecule has 134 valence electrons. The summed E-state index contributed by atoms with van der Waals surface area (Å²) in [4.78, 5) is 16.2. The van der Waals surface area contributed by atoms with E-state index in [4.69, 9.17) is 9.47 Å². The standard InChI is InChI=1S/C19H15F2NO4/c1-2-24-13-9-7-12(8-10-13)11-15-18(23)26-17(22-15)14-5-3-4-6-16(14)25-19(20)21/h3-11,19H,2H2,1H3/b15-11-. The number of alkyl halides is 2. The van der Waals surface area contributed by atoms with Gasteiger partial charge in [0.05, 0.1) is 12.2 Å². The van der Waals surface area contributed by atoms with E-state index in [1.165, 1.54) is 18.2 Å². The van der Waals surface area contributed by atoms with Crippen molar-refractivity contribution in [2.45, 2.75) is 13.5 Å². The number of benzene rings is 2. The summed E-state index contributed by atoms with van der Waals surface area (Å²) >= 11 is 0. The van der Waals surface area contributed by atoms with Crippen LogP contribution in [0, 0.1) is 0 Å². The summed E-state index contributed by atoms with van der Waals surface area (Å²) in [7, 11) is 0. The molecular weight excluding hydrogens is 344 g/mol. The molecule has 0 bridgehead atoms. The molecule has 0 atom stereocenters. The van der Waals surface area contributed by atoms with Gasteiger partial charge in [0.25, 0.3) is 0 Å². The molecule has 0 saturated heterocycles. The zero-order valence-electron chi connectivity index (χ0n) is 13.8. The maximum absolute atomic E-state index is 12.5. The van der Waals surface area contributed by atoms with Crippen LogP contribution in [0.2, 0.25) is 0 Å². The van der Waals surface area contributed by atoms with Crippen LogP contribution in [0.25, 0.3) is 6.08 Å². The van der Waals surface area contributed by atoms with Gasteiger partial charge in [-0.25, -0.2) is 9.79 Å². The van der Waals surface area contributed by atoms with Crippen molar-refractivity contribution in [2.75, 3.05) is 6.61 Å². The Labute approximate surface area is 148 Å². The van der Waals surface area contributed by atoms with Gasteiger partial charge in [-0.1, -0.05) is 24.3 Å². The van der Waals surface area contributed by atoms with Gasteiger partial charge in [0.2, 0.25) is 5.90 Å². The number of halogens is 2. The molecule has 0 spiro atoms. The number of aliphatic imine (C=N–C) groups is 1. The minimum Gasteiger partial charge on any atom is -0.494 e. The number of hydrogen-bond acceptors (Lipinski definition) is 5. The monoisotopic (exact) mass is 359 g/mol. The fourth-order valence-electron chi connectivity index (χ4n) is 2.35. The quantitative estimate of drug-likeness (QED) is 0.577. The van der Waals surface area contributed by atoms with Crippen molar-refractivity contribution in [3.63, 3.8) is 0 Å². The summed E-state index contributed by atoms with van der Waals surface area (Å²) < 4.78 is 40.0. The molecule has 3 rings (SSSR count). The van der Waals surface area contributed by atoms with Gasteiger partial charge < -0.3 is 14.2 Å². The Morgan fingerprint density at radius 3 is 2.58 bits per heavy atom. The van der Waals surface area contributed by atoms with Crippen molar-refractivity contribution in [3.05, 3.63) is 65.4 Å². The number of rotatable bonds is 6. The lowest BCUT2D eigenvalue weighted by Crippen LogP contribution is -2.10. The number of esters is 1. The van der Waals surface area contributed by atoms with Crippen molar-refractivity contribution in [1.29, 1.82) is 0 Å². The Morgan fingerprint density at radius 2 is 1.88 bits per heavy atom. The first kappa shape index (κ1) is 17.6. The molecule has 5 nitrogen and oxygen atoms in total. The summed E-state index contributed by atoms with van der Waals surface area (Å²) in [6.07, 6.45) is 1.54. The van der Waals surface area contributed by atoms with Crippen molar-refractivity contribution in [1.82, 2.24) is 0 Å². The molecule has 7 heteroatoms. The van der Waals surface area contributed by atoms with Crippen LogP contribution in [-0.4, -0.2) is 25.1 Å². The predicted octanol–water partition coefficient (Wildman–Crippen LogP) is 4.03. The lowest BCUT2D eigenvalue weighted by Gasteiger charge is -2.08. The van der Waals surface area contributed by atoms with E-state index in [2.05, 4.69) is 9.73 Å². The van der Waals surface area contributed by atoms with Gasteiger partial charge in [0.1, 0.15) is 11.5 Å². The van der Waals surface area contributed by atoms with Crippen LogP contribution in [-0.2, 0) is 9.53 Å². The molecule has 0 N–H and O–H groups in total. The highest BCUT2D eigenvalue weighted by Gasteiger charge is 2.26. The summed E-state index contributed by atoms with van der Waals surface area (Å²) in [6.45, 7) is -0.552. The minimum absolute atomic E-state index is 0.0657. The van der Waals surface area contributed by atoms with E-state index in [1.807, 2.05) is 6.92 Å². The van der Waals surface area contributed by atoms with Crippen LogP contribution in [0.1, 0.15) is 18.1 Å². The summed E-state index contributed by atoms with van der Waals surface area (Å²) in [5.74, 6) is -0.147. The van der Waals surface area contributed by atoms with Crippen molar-refractivity contribution >= 4 is 17.9 Å². The van der Waals surface area contributed by atoms with Crippen LogP contribution in [0.5, 0.6) is 11.5 Å². The average Bonchev–Trinajstić information content (AvgIpc) is 2.97. The summed E-state index contributed by atoms with van der Waals surface area (Å²) in [5, 5.41) is 0. The number of ether oxygens (including phenoxy) is 3. The van der Waals surface area contributed by atoms with E-state index in [0.717, 1.165) is 5.56 Å². The zero-order valence-corrected chi connectivity index (χ0v) is 13.8. The largest absolute Gasteiger partial charge is 0.494 e. The molecule has 0 amide bonds. The minimum atomic E-state index is -2.99. The number of nitrogens with zero attached hydrogens (tertiary/aromatic N) is 1. The van der Waals surface area contributed by atoms with E-state index >= 15 is 0 Å². The number of cyclic esters (lactones) is 1. The third-order valence-corrected chi connectivity index (χ3v) is 3.45. The molecule has 1 aliphatic rings. The molecule has 2 aromatic carbocycles. The van der Waals surface area contributed by atoms with Gasteiger partial charge >= 0.3 is 12.6 Å². The molecule has 0 aromatic heterocycles. The first-order valence-corrected chi connectivity index (χ1v) is 7.86. The van der Waals surface area contributed by atoms with Gasteiger partial charge in [-0.3, -0.25) is 0 Å². The van der Waals surface area contributed by atoms with E-state index < -0.39 is 12.6 Å². The SMILES string of the molecule is CCOc1ccc(/C=C2\N=C(c3ccccc3OC(F)F)OC2=O)cc1. The molecule has 1 heterocycles. The van der Waals surface area contributed by atoms with Gasteiger partial charge in [0.15, 0.2) is 5.70 Å². The highest BCUT2D eigenvalue weighted by atomic mass is 19.3. The predicted molar refractivity (Wildman–Crippen MR) is 91.3 cm³/mol. The second-order valence-corrected chi connectivity index (χ2v) is 5.21. The fourth-order valence-corrected chi connectivity index (χ4v) is 2.35. The molecule has 2 aromatic rings. The molecule has 1 aliphatic heterocycles. The Hall–Kier alpha value is -3.22. The molecule has 0 saturated carbocycles. The molecule has 0 aliphatic carbocycles. The number of para-hydroxylation sites is 1. The normalized spacial score (nSPS) is 15.2. The van der Waals surface area contributed by atoms with Crippen LogP contribution < -0.4 is 9.47 Å². The fraction of sp³-hybridized carbons (Fsp3) is 0.158. The first-order valence-electron chi connectivity index (χ1n) is 7.86. The summed E-state index contributed by atoms with van der Waals surface area (Å²) in [5.41, 5.74) is 0.967. The van der Waals surface area contributed by atoms with E-state index in [1.54, 1.807) is 36.4 Å². The van der Waals surface area contributed by atoms with Gasteiger partial charge in [0, 0.05) is 0 Å². The second kappa shape index (κ2) is 7.77. The average molecular weight is 359 g/mol. The molecule has 26 heavy (non-hydrogen) atoms. The van der Waals surface area contributed by atoms with Gasteiger partial charge in [-0.05, 0) is 42.8 Å². The molecule has 0 unspecified atom stereocenters. The zero-order chi connectivity index (χ0) is 18.5.